The molecule has 1 unspecified atom stereocenters. The molecule has 1 aliphatic carbocycles. The van der Waals surface area contributed by atoms with Gasteiger partial charge in [-0.3, -0.25) is 4.79 Å². The van der Waals surface area contributed by atoms with Gasteiger partial charge in [0.1, 0.15) is 0 Å². The number of ether oxygens (including phenoxy) is 1. The van der Waals surface area contributed by atoms with Crippen LogP contribution in [0.3, 0.4) is 0 Å². The number of esters is 1. The fourth-order valence-corrected chi connectivity index (χ4v) is 2.67. The number of primary sulfonamides is 1. The number of fused-ring (bicyclic) bond motifs is 1. The zero-order chi connectivity index (χ0) is 12.6. The molecule has 0 radical (unpaired) electrons. The summed E-state index contributed by atoms with van der Waals surface area (Å²) in [4.78, 5) is 11.5. The van der Waals surface area contributed by atoms with E-state index in [0.717, 1.165) is 11.1 Å². The third kappa shape index (κ3) is 2.32. The summed E-state index contributed by atoms with van der Waals surface area (Å²) in [6, 6.07) is 4.71. The standard InChI is InChI=1S/C11H13NO4S/c1-16-11(13)9-4-7-2-3-10(17(12,14)15)6-8(7)5-9/h2-3,6,9H,4-5H2,1H3,(H2,12,14,15). The second-order valence-electron chi connectivity index (χ2n) is 4.10. The lowest BCUT2D eigenvalue weighted by Gasteiger charge is -2.04. The van der Waals surface area contributed by atoms with E-state index < -0.39 is 10.0 Å². The largest absolute Gasteiger partial charge is 0.469 e. The van der Waals surface area contributed by atoms with Crippen molar-refractivity contribution in [2.75, 3.05) is 7.11 Å². The minimum absolute atomic E-state index is 0.0850. The van der Waals surface area contributed by atoms with Gasteiger partial charge in [0.15, 0.2) is 0 Å². The topological polar surface area (TPSA) is 86.5 Å². The molecule has 5 nitrogen and oxygen atoms in total. The highest BCUT2D eigenvalue weighted by Crippen LogP contribution is 2.29. The first-order chi connectivity index (χ1) is 7.91. The summed E-state index contributed by atoms with van der Waals surface area (Å²) in [5.41, 5.74) is 1.83. The lowest BCUT2D eigenvalue weighted by Crippen LogP contribution is -2.15. The van der Waals surface area contributed by atoms with Crippen LogP contribution >= 0.6 is 0 Å². The molecule has 0 saturated heterocycles. The molecule has 0 amide bonds. The molecule has 0 fully saturated rings. The quantitative estimate of drug-likeness (QED) is 0.766. The van der Waals surface area contributed by atoms with Gasteiger partial charge in [0.2, 0.25) is 10.0 Å². The van der Waals surface area contributed by atoms with Crippen LogP contribution < -0.4 is 5.14 Å². The first kappa shape index (κ1) is 12.1. The van der Waals surface area contributed by atoms with Crippen molar-refractivity contribution in [3.05, 3.63) is 29.3 Å². The first-order valence-corrected chi connectivity index (χ1v) is 6.69. The molecule has 6 heteroatoms. The van der Waals surface area contributed by atoms with Gasteiger partial charge in [-0.1, -0.05) is 6.07 Å². The van der Waals surface area contributed by atoms with Crippen LogP contribution in [0.1, 0.15) is 11.1 Å². The number of carbonyl (C=O) groups excluding carboxylic acids is 1. The normalized spacial score (nSPS) is 18.8. The van der Waals surface area contributed by atoms with Crippen LogP contribution in [-0.2, 0) is 32.4 Å². The van der Waals surface area contributed by atoms with E-state index in [2.05, 4.69) is 4.74 Å². The molecule has 2 rings (SSSR count). The maximum absolute atomic E-state index is 11.4. The summed E-state index contributed by atoms with van der Waals surface area (Å²) in [6.45, 7) is 0. The maximum atomic E-state index is 11.4. The van der Waals surface area contributed by atoms with E-state index in [1.54, 1.807) is 6.07 Å². The van der Waals surface area contributed by atoms with E-state index in [-0.39, 0.29) is 16.8 Å². The molecule has 0 heterocycles. The highest BCUT2D eigenvalue weighted by atomic mass is 32.2. The molecule has 0 aromatic heterocycles. The van der Waals surface area contributed by atoms with Crippen molar-refractivity contribution in [1.82, 2.24) is 0 Å². The predicted molar refractivity (Wildman–Crippen MR) is 60.7 cm³/mol. The summed E-state index contributed by atoms with van der Waals surface area (Å²) in [5.74, 6) is -0.482. The smallest absolute Gasteiger partial charge is 0.309 e. The zero-order valence-corrected chi connectivity index (χ0v) is 10.2. The lowest BCUT2D eigenvalue weighted by molar-refractivity contribution is -0.145. The van der Waals surface area contributed by atoms with Crippen molar-refractivity contribution in [1.29, 1.82) is 0 Å². The van der Waals surface area contributed by atoms with E-state index in [0.29, 0.717) is 12.8 Å². The Hall–Kier alpha value is -1.40. The summed E-state index contributed by atoms with van der Waals surface area (Å²) in [6.07, 6.45) is 1.10. The van der Waals surface area contributed by atoms with Crippen LogP contribution in [0.5, 0.6) is 0 Å². The molecule has 1 aromatic carbocycles. The molecule has 2 N–H and O–H groups in total. The van der Waals surface area contributed by atoms with Gasteiger partial charge < -0.3 is 4.74 Å². The lowest BCUT2D eigenvalue weighted by atomic mass is 10.1. The average molecular weight is 255 g/mol. The predicted octanol–water partition coefficient (Wildman–Crippen LogP) is 0.222. The Morgan fingerprint density at radius 3 is 2.59 bits per heavy atom. The first-order valence-electron chi connectivity index (χ1n) is 5.14. The number of carbonyl (C=O) groups is 1. The molecular formula is C11H13NO4S. The Bertz CT molecular complexity index is 565. The van der Waals surface area contributed by atoms with E-state index >= 15 is 0 Å². The van der Waals surface area contributed by atoms with Crippen molar-refractivity contribution in [2.45, 2.75) is 17.7 Å². The van der Waals surface area contributed by atoms with Crippen LogP contribution in [0, 0.1) is 5.92 Å². The second kappa shape index (κ2) is 4.12. The third-order valence-corrected chi connectivity index (χ3v) is 3.88. The Morgan fingerprint density at radius 2 is 2.00 bits per heavy atom. The Labute approximate surface area is 99.6 Å². The number of hydrogen-bond donors (Lipinski definition) is 1. The molecular weight excluding hydrogens is 242 g/mol. The van der Waals surface area contributed by atoms with Crippen molar-refractivity contribution < 1.29 is 17.9 Å². The van der Waals surface area contributed by atoms with Gasteiger partial charge >= 0.3 is 5.97 Å². The van der Waals surface area contributed by atoms with Crippen LogP contribution in [0.4, 0.5) is 0 Å². The van der Waals surface area contributed by atoms with Crippen molar-refractivity contribution in [3.63, 3.8) is 0 Å². The fraction of sp³-hybridized carbons (Fsp3) is 0.364. The van der Waals surface area contributed by atoms with E-state index in [1.807, 2.05) is 0 Å². The van der Waals surface area contributed by atoms with E-state index in [9.17, 15) is 13.2 Å². The highest BCUT2D eigenvalue weighted by Gasteiger charge is 2.28. The molecule has 0 spiro atoms. The molecule has 17 heavy (non-hydrogen) atoms. The third-order valence-electron chi connectivity index (χ3n) is 2.97. The van der Waals surface area contributed by atoms with Gasteiger partial charge in [-0.15, -0.1) is 0 Å². The van der Waals surface area contributed by atoms with Gasteiger partial charge in [0.25, 0.3) is 0 Å². The summed E-state index contributed by atoms with van der Waals surface area (Å²) >= 11 is 0. The van der Waals surface area contributed by atoms with Gasteiger partial charge in [-0.25, -0.2) is 13.6 Å². The van der Waals surface area contributed by atoms with Gasteiger partial charge in [0.05, 0.1) is 17.9 Å². The van der Waals surface area contributed by atoms with E-state index in [1.165, 1.54) is 19.2 Å². The molecule has 1 atom stereocenters. The van der Waals surface area contributed by atoms with Crippen molar-refractivity contribution in [2.24, 2.45) is 11.1 Å². The fourth-order valence-electron chi connectivity index (χ4n) is 2.10. The minimum Gasteiger partial charge on any atom is -0.469 e. The number of hydrogen-bond acceptors (Lipinski definition) is 4. The van der Waals surface area contributed by atoms with Crippen LogP contribution in [0.2, 0.25) is 0 Å². The number of rotatable bonds is 2. The average Bonchev–Trinajstić information content (AvgIpc) is 2.69. The Morgan fingerprint density at radius 1 is 1.35 bits per heavy atom. The van der Waals surface area contributed by atoms with Crippen molar-refractivity contribution >= 4 is 16.0 Å². The number of benzene rings is 1. The Balaban J connectivity index is 2.31. The molecule has 1 aromatic rings. The summed E-state index contributed by atoms with van der Waals surface area (Å²) < 4.78 is 27.1. The van der Waals surface area contributed by atoms with Crippen LogP contribution in [0.15, 0.2) is 23.1 Å². The maximum Gasteiger partial charge on any atom is 0.309 e. The van der Waals surface area contributed by atoms with Gasteiger partial charge in [-0.05, 0) is 36.1 Å². The number of methoxy groups -OCH3 is 1. The summed E-state index contributed by atoms with van der Waals surface area (Å²) in [7, 11) is -2.34. The zero-order valence-electron chi connectivity index (χ0n) is 9.34. The summed E-state index contributed by atoms with van der Waals surface area (Å²) in [5, 5.41) is 5.05. The molecule has 0 saturated carbocycles. The molecule has 0 bridgehead atoms. The van der Waals surface area contributed by atoms with Gasteiger partial charge in [0, 0.05) is 0 Å². The number of sulfonamides is 1. The van der Waals surface area contributed by atoms with Crippen molar-refractivity contribution in [3.8, 4) is 0 Å². The van der Waals surface area contributed by atoms with Crippen LogP contribution in [-0.4, -0.2) is 21.5 Å². The minimum atomic E-state index is -3.68. The monoisotopic (exact) mass is 255 g/mol. The molecule has 1 aliphatic rings. The highest BCUT2D eigenvalue weighted by molar-refractivity contribution is 7.89. The SMILES string of the molecule is COC(=O)C1Cc2ccc(S(N)(=O)=O)cc2C1. The number of nitrogens with two attached hydrogens (primary N) is 1. The molecule has 92 valence electrons. The second-order valence-corrected chi connectivity index (χ2v) is 5.67. The van der Waals surface area contributed by atoms with Gasteiger partial charge in [-0.2, -0.15) is 0 Å². The van der Waals surface area contributed by atoms with Crippen LogP contribution in [0.25, 0.3) is 0 Å². The molecule has 0 aliphatic heterocycles. The van der Waals surface area contributed by atoms with E-state index in [4.69, 9.17) is 5.14 Å². The Kier molecular flexibility index (Phi) is 2.92.